The van der Waals surface area contributed by atoms with Crippen LogP contribution in [-0.2, 0) is 11.2 Å². The zero-order valence-corrected chi connectivity index (χ0v) is 16.2. The number of aliphatic hydroxyl groups is 1. The van der Waals surface area contributed by atoms with Crippen LogP contribution in [0.2, 0.25) is 0 Å². The van der Waals surface area contributed by atoms with Crippen LogP contribution in [0, 0.1) is 5.92 Å². The molecule has 30 heavy (non-hydrogen) atoms. The van der Waals surface area contributed by atoms with Gasteiger partial charge in [0.05, 0.1) is 6.04 Å². The van der Waals surface area contributed by atoms with E-state index in [1.54, 1.807) is 37.3 Å². The molecule has 3 heterocycles. The number of nitrogens with one attached hydrogen (secondary N) is 1. The van der Waals surface area contributed by atoms with Gasteiger partial charge in [-0.25, -0.2) is 14.6 Å². The summed E-state index contributed by atoms with van der Waals surface area (Å²) in [6.07, 6.45) is 0.541. The summed E-state index contributed by atoms with van der Waals surface area (Å²) >= 11 is 0. The van der Waals surface area contributed by atoms with Crippen LogP contribution in [-0.4, -0.2) is 51.2 Å². The average Bonchev–Trinajstić information content (AvgIpc) is 3.17. The normalized spacial score (nSPS) is 22.9. The standard InChI is InChI=1S/C20H22N4O6/c1-10(12-2-3-14-15(8-12)30-9-29-14)23-20(28)24-17(19(26)27)13(18(24)25)6-11-4-5-22-16(21)7-11/h2-5,7-8,10,13,17-18,25H,6,9H2,1H3,(H2,21,22)(H,23,28)(H,26,27)/t10-,13-,17+,18?/m1/s1. The Hall–Kier alpha value is -3.53. The summed E-state index contributed by atoms with van der Waals surface area (Å²) in [5, 5.41) is 22.9. The smallest absolute Gasteiger partial charge is 0.327 e. The van der Waals surface area contributed by atoms with Crippen LogP contribution in [0.15, 0.2) is 36.5 Å². The fourth-order valence-corrected chi connectivity index (χ4v) is 3.82. The van der Waals surface area contributed by atoms with Gasteiger partial charge in [0, 0.05) is 12.1 Å². The number of nitrogens with two attached hydrogens (primary N) is 1. The minimum atomic E-state index is -1.23. The number of rotatable bonds is 5. The number of carboxylic acid groups (broad SMARTS) is 1. The van der Waals surface area contributed by atoms with E-state index in [9.17, 15) is 19.8 Å². The van der Waals surface area contributed by atoms with Crippen molar-refractivity contribution < 1.29 is 29.3 Å². The fourth-order valence-electron chi connectivity index (χ4n) is 3.82. The number of nitrogen functional groups attached to an aromatic ring is 1. The molecule has 1 saturated heterocycles. The van der Waals surface area contributed by atoms with Crippen molar-refractivity contribution in [2.75, 3.05) is 12.5 Å². The van der Waals surface area contributed by atoms with E-state index in [0.717, 1.165) is 16.0 Å². The highest BCUT2D eigenvalue weighted by Gasteiger charge is 2.54. The molecule has 1 fully saturated rings. The summed E-state index contributed by atoms with van der Waals surface area (Å²) in [5.41, 5.74) is 7.17. The number of nitrogens with zero attached hydrogens (tertiary/aromatic N) is 2. The molecule has 1 unspecified atom stereocenters. The van der Waals surface area contributed by atoms with Crippen molar-refractivity contribution in [1.29, 1.82) is 0 Å². The van der Waals surface area contributed by atoms with Crippen molar-refractivity contribution in [3.8, 4) is 11.5 Å². The van der Waals surface area contributed by atoms with Crippen molar-refractivity contribution in [3.05, 3.63) is 47.7 Å². The maximum Gasteiger partial charge on any atom is 0.327 e. The Labute approximate surface area is 172 Å². The first-order chi connectivity index (χ1) is 14.3. The molecule has 0 saturated carbocycles. The number of amides is 2. The first-order valence-corrected chi connectivity index (χ1v) is 9.45. The molecule has 2 aromatic rings. The van der Waals surface area contributed by atoms with Crippen LogP contribution in [0.1, 0.15) is 24.1 Å². The number of urea groups is 1. The van der Waals surface area contributed by atoms with Crippen LogP contribution in [0.3, 0.4) is 0 Å². The Balaban J connectivity index is 1.44. The maximum atomic E-state index is 12.7. The minimum absolute atomic E-state index is 0.143. The quantitative estimate of drug-likeness (QED) is 0.569. The highest BCUT2D eigenvalue weighted by Crippen LogP contribution is 2.36. The average molecular weight is 414 g/mol. The molecule has 4 rings (SSSR count). The molecule has 10 heteroatoms. The Bertz CT molecular complexity index is 984. The number of carbonyl (C=O) groups is 2. The summed E-state index contributed by atoms with van der Waals surface area (Å²) in [6.45, 7) is 1.90. The van der Waals surface area contributed by atoms with Gasteiger partial charge in [0.1, 0.15) is 18.1 Å². The van der Waals surface area contributed by atoms with E-state index in [0.29, 0.717) is 17.3 Å². The number of aliphatic hydroxyl groups excluding tert-OH is 1. The molecule has 10 nitrogen and oxygen atoms in total. The van der Waals surface area contributed by atoms with Gasteiger partial charge in [-0.05, 0) is 48.7 Å². The molecule has 2 amide bonds. The van der Waals surface area contributed by atoms with Crippen LogP contribution < -0.4 is 20.5 Å². The van der Waals surface area contributed by atoms with Gasteiger partial charge in [-0.2, -0.15) is 0 Å². The van der Waals surface area contributed by atoms with Crippen LogP contribution >= 0.6 is 0 Å². The molecule has 2 aliphatic heterocycles. The first kappa shape index (κ1) is 19.8. The van der Waals surface area contributed by atoms with Gasteiger partial charge >= 0.3 is 12.0 Å². The Kier molecular flexibility index (Phi) is 5.08. The van der Waals surface area contributed by atoms with E-state index in [-0.39, 0.29) is 13.2 Å². The highest BCUT2D eigenvalue weighted by molar-refractivity contribution is 5.85. The monoisotopic (exact) mass is 414 g/mol. The number of benzene rings is 1. The van der Waals surface area contributed by atoms with Crippen molar-refractivity contribution in [2.24, 2.45) is 5.92 Å². The molecule has 0 aliphatic carbocycles. The van der Waals surface area contributed by atoms with Gasteiger partial charge in [0.2, 0.25) is 6.79 Å². The lowest BCUT2D eigenvalue weighted by atomic mass is 9.81. The summed E-state index contributed by atoms with van der Waals surface area (Å²) < 4.78 is 10.6. The molecule has 1 aromatic heterocycles. The lowest BCUT2D eigenvalue weighted by Crippen LogP contribution is -2.71. The molecule has 4 atom stereocenters. The molecular formula is C20H22N4O6. The van der Waals surface area contributed by atoms with Gasteiger partial charge in [-0.3, -0.25) is 4.90 Å². The van der Waals surface area contributed by atoms with Crippen LogP contribution in [0.4, 0.5) is 10.6 Å². The second-order valence-corrected chi connectivity index (χ2v) is 7.34. The number of carbonyl (C=O) groups excluding carboxylic acids is 1. The minimum Gasteiger partial charge on any atom is -0.480 e. The summed E-state index contributed by atoms with van der Waals surface area (Å²) in [6, 6.07) is 6.36. The van der Waals surface area contributed by atoms with Crippen LogP contribution in [0.25, 0.3) is 0 Å². The lowest BCUT2D eigenvalue weighted by Gasteiger charge is -2.50. The van der Waals surface area contributed by atoms with Crippen molar-refractivity contribution >= 4 is 17.8 Å². The second-order valence-electron chi connectivity index (χ2n) is 7.34. The van der Waals surface area contributed by atoms with E-state index in [1.807, 2.05) is 0 Å². The van der Waals surface area contributed by atoms with Gasteiger partial charge in [-0.1, -0.05) is 6.07 Å². The molecule has 0 radical (unpaired) electrons. The number of carboxylic acids is 1. The fraction of sp³-hybridized carbons (Fsp3) is 0.350. The van der Waals surface area contributed by atoms with E-state index < -0.39 is 36.2 Å². The van der Waals surface area contributed by atoms with E-state index in [2.05, 4.69) is 10.3 Å². The predicted molar refractivity (Wildman–Crippen MR) is 105 cm³/mol. The SMILES string of the molecule is C[C@@H](NC(=O)N1C(O)[C@H](Cc2ccnc(N)c2)[C@H]1C(=O)O)c1ccc2c(c1)OCO2. The Morgan fingerprint density at radius 3 is 2.80 bits per heavy atom. The zero-order chi connectivity index (χ0) is 21.4. The number of aromatic nitrogens is 1. The molecule has 5 N–H and O–H groups in total. The molecule has 0 spiro atoms. The van der Waals surface area contributed by atoms with Gasteiger partial charge in [-0.15, -0.1) is 0 Å². The third kappa shape index (κ3) is 3.57. The predicted octanol–water partition coefficient (Wildman–Crippen LogP) is 1.11. The number of likely N-dealkylation sites (tertiary alicyclic amines) is 1. The number of hydrogen-bond acceptors (Lipinski definition) is 7. The van der Waals surface area contributed by atoms with Gasteiger partial charge < -0.3 is 30.7 Å². The molecular weight excluding hydrogens is 392 g/mol. The van der Waals surface area contributed by atoms with Crippen molar-refractivity contribution in [3.63, 3.8) is 0 Å². The number of aliphatic carboxylic acids is 1. The molecule has 158 valence electrons. The topological polar surface area (TPSA) is 147 Å². The van der Waals surface area contributed by atoms with Gasteiger partial charge in [0.15, 0.2) is 11.5 Å². The Morgan fingerprint density at radius 1 is 1.30 bits per heavy atom. The molecule has 2 aliphatic rings. The highest BCUT2D eigenvalue weighted by atomic mass is 16.7. The Morgan fingerprint density at radius 2 is 2.07 bits per heavy atom. The molecule has 0 bridgehead atoms. The van der Waals surface area contributed by atoms with E-state index >= 15 is 0 Å². The summed E-state index contributed by atoms with van der Waals surface area (Å²) in [5.74, 6) is -0.326. The maximum absolute atomic E-state index is 12.7. The largest absolute Gasteiger partial charge is 0.480 e. The number of fused-ring (bicyclic) bond motifs is 1. The van der Waals surface area contributed by atoms with Crippen molar-refractivity contribution in [2.45, 2.75) is 31.7 Å². The zero-order valence-electron chi connectivity index (χ0n) is 16.2. The summed E-state index contributed by atoms with van der Waals surface area (Å²) in [7, 11) is 0. The second kappa shape index (κ2) is 7.71. The molecule has 1 aromatic carbocycles. The van der Waals surface area contributed by atoms with E-state index in [1.165, 1.54) is 6.20 Å². The number of anilines is 1. The van der Waals surface area contributed by atoms with E-state index in [4.69, 9.17) is 15.2 Å². The first-order valence-electron chi connectivity index (χ1n) is 9.45. The third-order valence-electron chi connectivity index (χ3n) is 5.41. The lowest BCUT2D eigenvalue weighted by molar-refractivity contribution is -0.180. The van der Waals surface area contributed by atoms with Crippen molar-refractivity contribution in [1.82, 2.24) is 15.2 Å². The number of pyridine rings is 1. The van der Waals surface area contributed by atoms with Crippen LogP contribution in [0.5, 0.6) is 11.5 Å². The summed E-state index contributed by atoms with van der Waals surface area (Å²) in [4.78, 5) is 29.4. The number of ether oxygens (including phenoxy) is 2. The number of hydrogen-bond donors (Lipinski definition) is 4. The third-order valence-corrected chi connectivity index (χ3v) is 5.41. The van der Waals surface area contributed by atoms with Gasteiger partial charge in [0.25, 0.3) is 0 Å².